The van der Waals surface area contributed by atoms with Gasteiger partial charge in [-0.1, -0.05) is 42.5 Å². The number of imide groups is 1. The quantitative estimate of drug-likeness (QED) is 0.765. The number of aryl methyl sites for hydroxylation is 1. The van der Waals surface area contributed by atoms with E-state index in [9.17, 15) is 9.59 Å². The maximum atomic E-state index is 12.9. The molecule has 2 aromatic rings. The fourth-order valence-corrected chi connectivity index (χ4v) is 6.86. The molecule has 0 unspecified atom stereocenters. The topological polar surface area (TPSA) is 52.7 Å². The number of nitrogens with one attached hydrogen (secondary N) is 1. The summed E-state index contributed by atoms with van der Waals surface area (Å²) >= 11 is 0. The van der Waals surface area contributed by atoms with Crippen molar-refractivity contribution >= 4 is 17.5 Å². The van der Waals surface area contributed by atoms with Gasteiger partial charge < -0.3 is 4.90 Å². The average Bonchev–Trinajstić information content (AvgIpc) is 3.29. The molecule has 2 aromatic carbocycles. The monoisotopic (exact) mass is 415 g/mol. The van der Waals surface area contributed by atoms with E-state index in [4.69, 9.17) is 0 Å². The zero-order chi connectivity index (χ0) is 21.0. The van der Waals surface area contributed by atoms with E-state index in [0.717, 1.165) is 31.6 Å². The number of likely N-dealkylation sites (tertiary alicyclic amines) is 1. The molecule has 2 amide bonds. The van der Waals surface area contributed by atoms with Gasteiger partial charge in [-0.2, -0.15) is 0 Å². The number of rotatable bonds is 2. The lowest BCUT2D eigenvalue weighted by molar-refractivity contribution is -0.127. The number of hydrogen-bond donors (Lipinski definition) is 1. The van der Waals surface area contributed by atoms with Crippen LogP contribution in [-0.2, 0) is 16.0 Å². The van der Waals surface area contributed by atoms with Gasteiger partial charge in [0, 0.05) is 31.4 Å². The van der Waals surface area contributed by atoms with Gasteiger partial charge in [0.25, 0.3) is 0 Å². The summed E-state index contributed by atoms with van der Waals surface area (Å²) in [5.41, 5.74) is 3.84. The van der Waals surface area contributed by atoms with Gasteiger partial charge in [-0.05, 0) is 55.4 Å². The summed E-state index contributed by atoms with van der Waals surface area (Å²) in [6.45, 7) is 2.57. The van der Waals surface area contributed by atoms with Gasteiger partial charge in [-0.3, -0.25) is 19.8 Å². The minimum atomic E-state index is -0.271. The molecule has 3 heterocycles. The molecule has 0 aromatic heterocycles. The van der Waals surface area contributed by atoms with Crippen molar-refractivity contribution < 1.29 is 9.59 Å². The van der Waals surface area contributed by atoms with Crippen molar-refractivity contribution in [2.75, 3.05) is 24.5 Å². The Kier molecular flexibility index (Phi) is 4.42. The molecule has 3 atom stereocenters. The van der Waals surface area contributed by atoms with E-state index in [1.54, 1.807) is 0 Å². The second-order valence-electron chi connectivity index (χ2n) is 9.63. The summed E-state index contributed by atoms with van der Waals surface area (Å²) in [6, 6.07) is 19.7. The normalized spacial score (nSPS) is 29.7. The van der Waals surface area contributed by atoms with Crippen molar-refractivity contribution in [1.29, 1.82) is 0 Å². The molecule has 1 spiro atoms. The second-order valence-corrected chi connectivity index (χ2v) is 9.63. The average molecular weight is 416 g/mol. The summed E-state index contributed by atoms with van der Waals surface area (Å²) in [4.78, 5) is 30.5. The second kappa shape index (κ2) is 7.20. The maximum Gasteiger partial charge on any atom is 0.232 e. The van der Waals surface area contributed by atoms with E-state index in [0.29, 0.717) is 12.6 Å². The fourth-order valence-electron chi connectivity index (χ4n) is 6.86. The van der Waals surface area contributed by atoms with Crippen LogP contribution in [0.2, 0.25) is 0 Å². The summed E-state index contributed by atoms with van der Waals surface area (Å²) in [5, 5.41) is 2.63. The SMILES string of the molecule is O=C1NC(=O)[C@H]2[C@@H]1CN(c1ccccc1)C21CCN([C@@H]2CCCc3ccccc32)CC1. The molecule has 3 aliphatic heterocycles. The molecule has 1 N–H and O–H groups in total. The number of piperidine rings is 1. The molecule has 31 heavy (non-hydrogen) atoms. The Morgan fingerprint density at radius 3 is 2.45 bits per heavy atom. The van der Waals surface area contributed by atoms with Crippen molar-refractivity contribution in [2.24, 2.45) is 11.8 Å². The van der Waals surface area contributed by atoms with Gasteiger partial charge in [0.05, 0.1) is 17.4 Å². The van der Waals surface area contributed by atoms with Crippen molar-refractivity contribution in [3.8, 4) is 0 Å². The lowest BCUT2D eigenvalue weighted by atomic mass is 9.73. The van der Waals surface area contributed by atoms with Crippen LogP contribution in [0.1, 0.15) is 42.9 Å². The molecule has 4 aliphatic rings. The Labute approximate surface area is 183 Å². The number of nitrogens with zero attached hydrogens (tertiary/aromatic N) is 2. The third kappa shape index (κ3) is 2.86. The van der Waals surface area contributed by atoms with E-state index in [1.807, 2.05) is 18.2 Å². The van der Waals surface area contributed by atoms with Gasteiger partial charge in [-0.15, -0.1) is 0 Å². The Hall–Kier alpha value is -2.66. The molecule has 5 nitrogen and oxygen atoms in total. The minimum absolute atomic E-state index is 0.0649. The van der Waals surface area contributed by atoms with Crippen LogP contribution < -0.4 is 10.2 Å². The van der Waals surface area contributed by atoms with Crippen LogP contribution in [0.5, 0.6) is 0 Å². The first kappa shape index (κ1) is 19.1. The van der Waals surface area contributed by atoms with Crippen LogP contribution in [0.3, 0.4) is 0 Å². The van der Waals surface area contributed by atoms with Crippen LogP contribution in [-0.4, -0.2) is 41.9 Å². The molecule has 6 rings (SSSR count). The molecule has 1 aliphatic carbocycles. The smallest absolute Gasteiger partial charge is 0.232 e. The standard InChI is InChI=1S/C26H29N3O2/c30-24-21-17-29(19-9-2-1-3-10-19)26(23(21)25(31)27-24)13-15-28(16-14-26)22-12-6-8-18-7-4-5-11-20(18)22/h1-5,7,9-11,21-23H,6,8,12-17H2,(H,27,30,31)/t21-,22+,23+/m0/s1. The number of hydrogen-bond acceptors (Lipinski definition) is 4. The number of fused-ring (bicyclic) bond motifs is 3. The Bertz CT molecular complexity index is 1010. The summed E-state index contributed by atoms with van der Waals surface area (Å²) in [5.74, 6) is -0.614. The van der Waals surface area contributed by atoms with Gasteiger partial charge in [0.1, 0.15) is 0 Å². The van der Waals surface area contributed by atoms with Gasteiger partial charge in [0.15, 0.2) is 0 Å². The first-order valence-electron chi connectivity index (χ1n) is 11.7. The number of amides is 2. The Morgan fingerprint density at radius 1 is 0.903 bits per heavy atom. The van der Waals surface area contributed by atoms with Crippen LogP contribution in [0.25, 0.3) is 0 Å². The number of para-hydroxylation sites is 1. The summed E-state index contributed by atoms with van der Waals surface area (Å²) < 4.78 is 0. The van der Waals surface area contributed by atoms with Crippen LogP contribution in [0.4, 0.5) is 5.69 Å². The number of benzene rings is 2. The summed E-state index contributed by atoms with van der Waals surface area (Å²) in [6.07, 6.45) is 5.46. The van der Waals surface area contributed by atoms with E-state index in [1.165, 1.54) is 30.4 Å². The lowest BCUT2D eigenvalue weighted by Gasteiger charge is -2.50. The highest BCUT2D eigenvalue weighted by molar-refractivity contribution is 6.07. The van der Waals surface area contributed by atoms with Crippen LogP contribution in [0, 0.1) is 11.8 Å². The lowest BCUT2D eigenvalue weighted by Crippen LogP contribution is -2.58. The molecule has 0 saturated carbocycles. The van der Waals surface area contributed by atoms with Crippen LogP contribution in [0.15, 0.2) is 54.6 Å². The van der Waals surface area contributed by atoms with E-state index >= 15 is 0 Å². The zero-order valence-corrected chi connectivity index (χ0v) is 17.8. The van der Waals surface area contributed by atoms with E-state index < -0.39 is 0 Å². The molecular formula is C26H29N3O2. The van der Waals surface area contributed by atoms with Gasteiger partial charge >= 0.3 is 0 Å². The highest BCUT2D eigenvalue weighted by Crippen LogP contribution is 2.51. The Balaban J connectivity index is 1.31. The van der Waals surface area contributed by atoms with Gasteiger partial charge in [0.2, 0.25) is 11.8 Å². The minimum Gasteiger partial charge on any atom is -0.364 e. The summed E-state index contributed by atoms with van der Waals surface area (Å²) in [7, 11) is 0. The largest absolute Gasteiger partial charge is 0.364 e. The van der Waals surface area contributed by atoms with Crippen molar-refractivity contribution in [2.45, 2.75) is 43.7 Å². The Morgan fingerprint density at radius 2 is 1.65 bits per heavy atom. The van der Waals surface area contributed by atoms with Crippen molar-refractivity contribution in [3.05, 3.63) is 65.7 Å². The van der Waals surface area contributed by atoms with Crippen LogP contribution >= 0.6 is 0 Å². The fraction of sp³-hybridized carbons (Fsp3) is 0.462. The zero-order valence-electron chi connectivity index (χ0n) is 17.8. The van der Waals surface area contributed by atoms with E-state index in [2.05, 4.69) is 51.5 Å². The maximum absolute atomic E-state index is 12.9. The third-order valence-corrected chi connectivity index (χ3v) is 8.27. The predicted octanol–water partition coefficient (Wildman–Crippen LogP) is 3.31. The van der Waals surface area contributed by atoms with Crippen molar-refractivity contribution in [1.82, 2.24) is 10.2 Å². The van der Waals surface area contributed by atoms with E-state index in [-0.39, 0.29) is 29.2 Å². The molecule has 5 heteroatoms. The molecule has 0 radical (unpaired) electrons. The predicted molar refractivity (Wildman–Crippen MR) is 120 cm³/mol. The first-order valence-corrected chi connectivity index (χ1v) is 11.7. The molecule has 3 fully saturated rings. The highest BCUT2D eigenvalue weighted by atomic mass is 16.2. The van der Waals surface area contributed by atoms with Gasteiger partial charge in [-0.25, -0.2) is 0 Å². The molecule has 160 valence electrons. The first-order chi connectivity index (χ1) is 15.2. The molecule has 0 bridgehead atoms. The number of carbonyl (C=O) groups excluding carboxylic acids is 2. The van der Waals surface area contributed by atoms with Crippen molar-refractivity contribution in [3.63, 3.8) is 0 Å². The molecular weight excluding hydrogens is 386 g/mol. The molecule has 3 saturated heterocycles. The third-order valence-electron chi connectivity index (χ3n) is 8.27. The number of anilines is 1. The highest BCUT2D eigenvalue weighted by Gasteiger charge is 2.62. The number of carbonyl (C=O) groups is 2.